The van der Waals surface area contributed by atoms with Gasteiger partial charge in [-0.3, -0.25) is 0 Å². The summed E-state index contributed by atoms with van der Waals surface area (Å²) in [5.74, 6) is 0.531. The predicted molar refractivity (Wildman–Crippen MR) is 62.0 cm³/mol. The van der Waals surface area contributed by atoms with Gasteiger partial charge >= 0.3 is 0 Å². The van der Waals surface area contributed by atoms with Crippen molar-refractivity contribution in [3.8, 4) is 5.75 Å². The molecular formula is C13H14FNO2. The molecule has 90 valence electrons. The number of rotatable bonds is 4. The van der Waals surface area contributed by atoms with Gasteiger partial charge in [-0.2, -0.15) is 0 Å². The summed E-state index contributed by atoms with van der Waals surface area (Å²) in [4.78, 5) is 0. The van der Waals surface area contributed by atoms with E-state index in [1.54, 1.807) is 12.3 Å². The third kappa shape index (κ3) is 2.85. The van der Waals surface area contributed by atoms with Gasteiger partial charge in [0, 0.05) is 11.6 Å². The van der Waals surface area contributed by atoms with Gasteiger partial charge in [0.15, 0.2) is 0 Å². The van der Waals surface area contributed by atoms with Crippen LogP contribution in [0.3, 0.4) is 0 Å². The van der Waals surface area contributed by atoms with E-state index < -0.39 is 0 Å². The van der Waals surface area contributed by atoms with E-state index in [9.17, 15) is 9.50 Å². The van der Waals surface area contributed by atoms with Crippen molar-refractivity contribution in [2.45, 2.75) is 19.5 Å². The number of phenolic OH excluding ortho intramolecular Hbond substituents is 1. The molecule has 2 aromatic rings. The molecular weight excluding hydrogens is 221 g/mol. The van der Waals surface area contributed by atoms with Crippen LogP contribution < -0.4 is 5.32 Å². The van der Waals surface area contributed by atoms with Crippen LogP contribution in [0, 0.1) is 5.82 Å². The topological polar surface area (TPSA) is 45.4 Å². The SMILES string of the molecule is CC(NCc1ccco1)c1cc(F)ccc1O. The first-order valence-electron chi connectivity index (χ1n) is 5.41. The fourth-order valence-corrected chi connectivity index (χ4v) is 1.65. The number of hydrogen-bond acceptors (Lipinski definition) is 3. The first-order chi connectivity index (χ1) is 8.16. The Morgan fingerprint density at radius 3 is 2.94 bits per heavy atom. The summed E-state index contributed by atoms with van der Waals surface area (Å²) >= 11 is 0. The Morgan fingerprint density at radius 1 is 1.41 bits per heavy atom. The van der Waals surface area contributed by atoms with Gasteiger partial charge in [-0.15, -0.1) is 0 Å². The summed E-state index contributed by atoms with van der Waals surface area (Å²) < 4.78 is 18.2. The van der Waals surface area contributed by atoms with Crippen LogP contribution in [0.5, 0.6) is 5.75 Å². The summed E-state index contributed by atoms with van der Waals surface area (Å²) in [5, 5.41) is 12.8. The van der Waals surface area contributed by atoms with Crippen molar-refractivity contribution in [1.82, 2.24) is 5.32 Å². The smallest absolute Gasteiger partial charge is 0.123 e. The lowest BCUT2D eigenvalue weighted by molar-refractivity contribution is 0.432. The van der Waals surface area contributed by atoms with Crippen LogP contribution in [-0.4, -0.2) is 5.11 Å². The van der Waals surface area contributed by atoms with Crippen molar-refractivity contribution in [2.75, 3.05) is 0 Å². The molecule has 0 bridgehead atoms. The second kappa shape index (κ2) is 5.01. The van der Waals surface area contributed by atoms with E-state index in [1.807, 2.05) is 13.0 Å². The number of benzene rings is 1. The van der Waals surface area contributed by atoms with Crippen LogP contribution in [0.1, 0.15) is 24.3 Å². The van der Waals surface area contributed by atoms with Crippen molar-refractivity contribution < 1.29 is 13.9 Å². The van der Waals surface area contributed by atoms with Crippen molar-refractivity contribution in [2.24, 2.45) is 0 Å². The minimum absolute atomic E-state index is 0.0887. The molecule has 2 N–H and O–H groups in total. The summed E-state index contributed by atoms with van der Waals surface area (Å²) in [6, 6.07) is 7.42. The Hall–Kier alpha value is -1.81. The van der Waals surface area contributed by atoms with E-state index in [0.29, 0.717) is 12.1 Å². The zero-order valence-electron chi connectivity index (χ0n) is 9.48. The molecule has 0 aliphatic carbocycles. The van der Waals surface area contributed by atoms with Gasteiger partial charge < -0.3 is 14.8 Å². The molecule has 0 radical (unpaired) electrons. The molecule has 1 unspecified atom stereocenters. The van der Waals surface area contributed by atoms with E-state index in [-0.39, 0.29) is 17.6 Å². The van der Waals surface area contributed by atoms with E-state index in [4.69, 9.17) is 4.42 Å². The molecule has 0 amide bonds. The normalized spacial score (nSPS) is 12.6. The van der Waals surface area contributed by atoms with Crippen LogP contribution in [0.4, 0.5) is 4.39 Å². The zero-order chi connectivity index (χ0) is 12.3. The van der Waals surface area contributed by atoms with E-state index >= 15 is 0 Å². The predicted octanol–water partition coefficient (Wildman–Crippen LogP) is 2.98. The maximum atomic E-state index is 13.1. The zero-order valence-corrected chi connectivity index (χ0v) is 9.48. The van der Waals surface area contributed by atoms with Crippen LogP contribution in [0.25, 0.3) is 0 Å². The average molecular weight is 235 g/mol. The van der Waals surface area contributed by atoms with E-state index in [1.165, 1.54) is 18.2 Å². The van der Waals surface area contributed by atoms with Crippen molar-refractivity contribution >= 4 is 0 Å². The molecule has 0 aliphatic rings. The lowest BCUT2D eigenvalue weighted by Gasteiger charge is -2.14. The summed E-state index contributed by atoms with van der Waals surface area (Å²) in [7, 11) is 0. The van der Waals surface area contributed by atoms with Gasteiger partial charge in [0.1, 0.15) is 17.3 Å². The Bertz CT molecular complexity index is 482. The van der Waals surface area contributed by atoms with Crippen LogP contribution in [0.2, 0.25) is 0 Å². The highest BCUT2D eigenvalue weighted by atomic mass is 19.1. The second-order valence-electron chi connectivity index (χ2n) is 3.89. The molecule has 4 heteroatoms. The largest absolute Gasteiger partial charge is 0.508 e. The monoisotopic (exact) mass is 235 g/mol. The number of hydrogen-bond donors (Lipinski definition) is 2. The Morgan fingerprint density at radius 2 is 2.24 bits per heavy atom. The van der Waals surface area contributed by atoms with Gasteiger partial charge in [-0.25, -0.2) is 4.39 Å². The molecule has 0 spiro atoms. The van der Waals surface area contributed by atoms with Gasteiger partial charge in [-0.1, -0.05) is 0 Å². The molecule has 17 heavy (non-hydrogen) atoms. The Balaban J connectivity index is 2.04. The quantitative estimate of drug-likeness (QED) is 0.856. The lowest BCUT2D eigenvalue weighted by atomic mass is 10.1. The number of phenols is 1. The van der Waals surface area contributed by atoms with Crippen LogP contribution in [-0.2, 0) is 6.54 Å². The highest BCUT2D eigenvalue weighted by Crippen LogP contribution is 2.24. The average Bonchev–Trinajstić information content (AvgIpc) is 2.82. The highest BCUT2D eigenvalue weighted by molar-refractivity contribution is 5.34. The number of aromatic hydroxyl groups is 1. The second-order valence-corrected chi connectivity index (χ2v) is 3.89. The number of halogens is 1. The first kappa shape index (κ1) is 11.7. The van der Waals surface area contributed by atoms with Crippen molar-refractivity contribution in [1.29, 1.82) is 0 Å². The lowest BCUT2D eigenvalue weighted by Crippen LogP contribution is -2.18. The summed E-state index contributed by atoms with van der Waals surface area (Å²) in [6.45, 7) is 2.39. The maximum absolute atomic E-state index is 13.1. The summed E-state index contributed by atoms with van der Waals surface area (Å²) in [6.07, 6.45) is 1.60. The van der Waals surface area contributed by atoms with Gasteiger partial charge in [0.05, 0.1) is 12.8 Å². The molecule has 3 nitrogen and oxygen atoms in total. The molecule has 1 aromatic heterocycles. The van der Waals surface area contributed by atoms with Crippen LogP contribution in [0.15, 0.2) is 41.0 Å². The number of furan rings is 1. The minimum atomic E-state index is -0.357. The first-order valence-corrected chi connectivity index (χ1v) is 5.41. The molecule has 0 saturated carbocycles. The van der Waals surface area contributed by atoms with Crippen molar-refractivity contribution in [3.05, 3.63) is 53.7 Å². The van der Waals surface area contributed by atoms with Crippen molar-refractivity contribution in [3.63, 3.8) is 0 Å². The Labute approximate surface area is 98.9 Å². The standard InChI is InChI=1S/C13H14FNO2/c1-9(15-8-11-3-2-6-17-11)12-7-10(14)4-5-13(12)16/h2-7,9,15-16H,8H2,1H3. The maximum Gasteiger partial charge on any atom is 0.123 e. The van der Waals surface area contributed by atoms with Gasteiger partial charge in [0.25, 0.3) is 0 Å². The Kier molecular flexibility index (Phi) is 3.44. The van der Waals surface area contributed by atoms with E-state index in [0.717, 1.165) is 5.76 Å². The molecule has 2 rings (SSSR count). The fraction of sp³-hybridized carbons (Fsp3) is 0.231. The summed E-state index contributed by atoms with van der Waals surface area (Å²) in [5.41, 5.74) is 0.538. The molecule has 0 saturated heterocycles. The molecule has 1 atom stereocenters. The fourth-order valence-electron chi connectivity index (χ4n) is 1.65. The third-order valence-electron chi connectivity index (χ3n) is 2.62. The van der Waals surface area contributed by atoms with Gasteiger partial charge in [0.2, 0.25) is 0 Å². The van der Waals surface area contributed by atoms with E-state index in [2.05, 4.69) is 5.32 Å². The highest BCUT2D eigenvalue weighted by Gasteiger charge is 2.11. The molecule has 0 fully saturated rings. The minimum Gasteiger partial charge on any atom is -0.508 e. The molecule has 0 aliphatic heterocycles. The molecule has 1 heterocycles. The number of nitrogens with one attached hydrogen (secondary N) is 1. The third-order valence-corrected chi connectivity index (χ3v) is 2.62. The van der Waals surface area contributed by atoms with Gasteiger partial charge in [-0.05, 0) is 37.3 Å². The molecule has 1 aromatic carbocycles. The van der Waals surface area contributed by atoms with Crippen LogP contribution >= 0.6 is 0 Å².